The Bertz CT molecular complexity index is 1340. The van der Waals surface area contributed by atoms with Crippen LogP contribution in [0.1, 0.15) is 188 Å². The summed E-state index contributed by atoms with van der Waals surface area (Å²) in [7, 11) is 0. The number of hydrogen-bond donors (Lipinski definition) is 0. The molecule has 0 aromatic heterocycles. The van der Waals surface area contributed by atoms with Crippen molar-refractivity contribution in [3.8, 4) is 0 Å². The van der Waals surface area contributed by atoms with Gasteiger partial charge in [0.2, 0.25) is 0 Å². The molecule has 1 atom stereocenters. The highest BCUT2D eigenvalue weighted by Gasteiger charge is 2.19. The fourth-order valence-corrected chi connectivity index (χ4v) is 5.91. The first kappa shape index (κ1) is 56.8. The molecule has 0 aromatic carbocycles. The Morgan fingerprint density at radius 1 is 0.361 bits per heavy atom. The van der Waals surface area contributed by atoms with Gasteiger partial charge in [0, 0.05) is 19.3 Å². The minimum Gasteiger partial charge on any atom is -0.462 e. The highest BCUT2D eigenvalue weighted by atomic mass is 16.6. The summed E-state index contributed by atoms with van der Waals surface area (Å²) in [4.78, 5) is 37.8. The predicted octanol–water partition coefficient (Wildman–Crippen LogP) is 15.7. The average molecular weight is 843 g/mol. The summed E-state index contributed by atoms with van der Waals surface area (Å²) in [6.45, 7) is 6.29. The second-order valence-electron chi connectivity index (χ2n) is 15.4. The van der Waals surface area contributed by atoms with Gasteiger partial charge >= 0.3 is 17.9 Å². The lowest BCUT2D eigenvalue weighted by Gasteiger charge is -2.18. The third-order valence-electron chi connectivity index (χ3n) is 9.53. The molecular formula is C55H86O6. The van der Waals surface area contributed by atoms with Gasteiger partial charge in [-0.1, -0.05) is 194 Å². The Balaban J connectivity index is 4.62. The molecule has 0 N–H and O–H groups in total. The molecule has 0 rings (SSSR count). The van der Waals surface area contributed by atoms with Crippen molar-refractivity contribution in [3.05, 3.63) is 122 Å². The largest absolute Gasteiger partial charge is 0.462 e. The van der Waals surface area contributed by atoms with Crippen molar-refractivity contribution in [2.24, 2.45) is 0 Å². The Kier molecular flexibility index (Phi) is 45.1. The van der Waals surface area contributed by atoms with Crippen LogP contribution in [0.15, 0.2) is 122 Å². The number of carbonyl (C=O) groups is 3. The van der Waals surface area contributed by atoms with Gasteiger partial charge in [-0.2, -0.15) is 0 Å². The predicted molar refractivity (Wildman–Crippen MR) is 260 cm³/mol. The van der Waals surface area contributed by atoms with Crippen LogP contribution in [0.5, 0.6) is 0 Å². The molecule has 342 valence electrons. The van der Waals surface area contributed by atoms with E-state index in [-0.39, 0.29) is 50.4 Å². The average Bonchev–Trinajstić information content (AvgIpc) is 3.26. The van der Waals surface area contributed by atoms with E-state index in [1.165, 1.54) is 64.2 Å². The van der Waals surface area contributed by atoms with Gasteiger partial charge in [-0.05, 0) is 96.3 Å². The number of esters is 3. The fraction of sp³-hybridized carbons (Fsp3) is 0.582. The minimum atomic E-state index is -0.845. The quantitative estimate of drug-likeness (QED) is 0.0201. The van der Waals surface area contributed by atoms with Crippen molar-refractivity contribution in [1.82, 2.24) is 0 Å². The molecule has 0 saturated carbocycles. The maximum atomic E-state index is 12.7. The molecule has 0 heterocycles. The fourth-order valence-electron chi connectivity index (χ4n) is 5.91. The van der Waals surface area contributed by atoms with Crippen LogP contribution in [0.4, 0.5) is 0 Å². The summed E-state index contributed by atoms with van der Waals surface area (Å²) in [6, 6.07) is 0. The number of carbonyl (C=O) groups excluding carboxylic acids is 3. The van der Waals surface area contributed by atoms with Crippen LogP contribution in [-0.4, -0.2) is 37.2 Å². The zero-order valence-electron chi connectivity index (χ0n) is 38.9. The summed E-state index contributed by atoms with van der Waals surface area (Å²) >= 11 is 0. The van der Waals surface area contributed by atoms with E-state index in [1.807, 2.05) is 42.5 Å². The van der Waals surface area contributed by atoms with E-state index in [1.54, 1.807) is 0 Å². The second-order valence-corrected chi connectivity index (χ2v) is 15.4. The molecule has 0 aliphatic carbocycles. The molecule has 0 radical (unpaired) electrons. The number of allylic oxidation sites excluding steroid dienone is 20. The second kappa shape index (κ2) is 48.5. The summed E-state index contributed by atoms with van der Waals surface area (Å²) in [5.74, 6) is -1.11. The monoisotopic (exact) mass is 843 g/mol. The van der Waals surface area contributed by atoms with Crippen molar-refractivity contribution < 1.29 is 28.6 Å². The summed E-state index contributed by atoms with van der Waals surface area (Å²) in [5.41, 5.74) is 0. The maximum absolute atomic E-state index is 12.7. The Morgan fingerprint density at radius 2 is 0.754 bits per heavy atom. The van der Waals surface area contributed by atoms with E-state index in [9.17, 15) is 14.4 Å². The van der Waals surface area contributed by atoms with Crippen LogP contribution < -0.4 is 0 Å². The maximum Gasteiger partial charge on any atom is 0.306 e. The molecule has 0 bridgehead atoms. The summed E-state index contributed by atoms with van der Waals surface area (Å²) in [5, 5.41) is 0. The van der Waals surface area contributed by atoms with Crippen LogP contribution in [0.25, 0.3) is 0 Å². The lowest BCUT2D eigenvalue weighted by atomic mass is 10.1. The van der Waals surface area contributed by atoms with Gasteiger partial charge < -0.3 is 14.2 Å². The Labute approximate surface area is 373 Å². The molecule has 0 aliphatic rings. The zero-order chi connectivity index (χ0) is 44.4. The minimum absolute atomic E-state index is 0.143. The molecule has 0 amide bonds. The highest BCUT2D eigenvalue weighted by molar-refractivity contribution is 5.71. The van der Waals surface area contributed by atoms with E-state index in [2.05, 4.69) is 99.8 Å². The molecule has 0 fully saturated rings. The van der Waals surface area contributed by atoms with E-state index in [0.29, 0.717) is 19.3 Å². The molecule has 0 aromatic rings. The Hall–Kier alpha value is -4.19. The number of ether oxygens (including phenoxy) is 3. The van der Waals surface area contributed by atoms with Crippen molar-refractivity contribution in [1.29, 1.82) is 0 Å². The number of rotatable bonds is 41. The summed E-state index contributed by atoms with van der Waals surface area (Å²) in [6.07, 6.45) is 66.3. The zero-order valence-corrected chi connectivity index (χ0v) is 38.9. The van der Waals surface area contributed by atoms with Gasteiger partial charge in [0.25, 0.3) is 0 Å². The normalized spacial score (nSPS) is 13.2. The first-order valence-corrected chi connectivity index (χ1v) is 24.1. The molecule has 1 unspecified atom stereocenters. The Morgan fingerprint density at radius 3 is 1.33 bits per heavy atom. The SMILES string of the molecule is CC\C=C/C=C\C=C/C=C\CCCCCC(=O)OC(COC(=O)CC/C=C\C/C=C\CCCCCCCC)COC(=O)CCC/C=C\C/C=C\C/C=C\C/C=C\CCCCC. The number of hydrogen-bond acceptors (Lipinski definition) is 6. The molecular weight excluding hydrogens is 757 g/mol. The topological polar surface area (TPSA) is 78.9 Å². The molecule has 0 spiro atoms. The van der Waals surface area contributed by atoms with Crippen molar-refractivity contribution >= 4 is 17.9 Å². The highest BCUT2D eigenvalue weighted by Crippen LogP contribution is 2.10. The standard InChI is InChI=1S/C55H86O6/c1-4-7-10-13-16-19-22-25-26-27-28-31-33-36-39-42-45-48-54(57)60-51-52(61-55(58)49-46-43-40-37-34-30-24-21-18-15-12-9-6-3)50-59-53(56)47-44-41-38-35-32-29-23-20-17-14-11-8-5-2/h9,12,15-16,18-19,21,24-26,28-32,34,36,38-39,41,52H,4-8,10-11,13-14,17,20,22-23,27,33,35,37,40,42-51H2,1-3H3/b12-9-,18-15-,19-16-,24-21-,26-25-,31-28-,32-29-,34-30-,39-36-,41-38-. The van der Waals surface area contributed by atoms with Gasteiger partial charge in [-0.25, -0.2) is 0 Å². The van der Waals surface area contributed by atoms with Crippen molar-refractivity contribution in [2.75, 3.05) is 13.2 Å². The molecule has 0 saturated heterocycles. The van der Waals surface area contributed by atoms with Gasteiger partial charge in [0.15, 0.2) is 6.10 Å². The lowest BCUT2D eigenvalue weighted by Crippen LogP contribution is -2.30. The van der Waals surface area contributed by atoms with E-state index < -0.39 is 6.10 Å². The third-order valence-corrected chi connectivity index (χ3v) is 9.53. The lowest BCUT2D eigenvalue weighted by molar-refractivity contribution is -0.166. The first-order valence-electron chi connectivity index (χ1n) is 24.1. The van der Waals surface area contributed by atoms with Crippen LogP contribution in [-0.2, 0) is 28.6 Å². The molecule has 0 aliphatic heterocycles. The van der Waals surface area contributed by atoms with Gasteiger partial charge in [0.05, 0.1) is 0 Å². The van der Waals surface area contributed by atoms with Crippen LogP contribution in [0.2, 0.25) is 0 Å². The summed E-state index contributed by atoms with van der Waals surface area (Å²) < 4.78 is 16.6. The smallest absolute Gasteiger partial charge is 0.306 e. The molecule has 6 heteroatoms. The number of unbranched alkanes of at least 4 members (excludes halogenated alkanes) is 13. The van der Waals surface area contributed by atoms with Gasteiger partial charge in [-0.15, -0.1) is 0 Å². The van der Waals surface area contributed by atoms with Crippen molar-refractivity contribution in [3.63, 3.8) is 0 Å². The van der Waals surface area contributed by atoms with E-state index in [0.717, 1.165) is 64.2 Å². The molecule has 61 heavy (non-hydrogen) atoms. The third kappa shape index (κ3) is 46.7. The van der Waals surface area contributed by atoms with E-state index >= 15 is 0 Å². The van der Waals surface area contributed by atoms with Crippen LogP contribution >= 0.6 is 0 Å². The van der Waals surface area contributed by atoms with Gasteiger partial charge in [0.1, 0.15) is 13.2 Å². The van der Waals surface area contributed by atoms with Crippen LogP contribution in [0.3, 0.4) is 0 Å². The molecule has 6 nitrogen and oxygen atoms in total. The van der Waals surface area contributed by atoms with Crippen LogP contribution in [0, 0.1) is 0 Å². The first-order chi connectivity index (χ1) is 30.0. The van der Waals surface area contributed by atoms with Crippen molar-refractivity contribution in [2.45, 2.75) is 194 Å². The van der Waals surface area contributed by atoms with E-state index in [4.69, 9.17) is 14.2 Å². The van der Waals surface area contributed by atoms with Gasteiger partial charge in [-0.3, -0.25) is 14.4 Å².